The van der Waals surface area contributed by atoms with Gasteiger partial charge in [-0.3, -0.25) is 14.5 Å². The molecule has 2 amide bonds. The lowest BCUT2D eigenvalue weighted by atomic mass is 9.96. The molecule has 1 unspecified atom stereocenters. The number of aliphatic carboxylic acids is 1. The molecule has 0 aromatic heterocycles. The molecule has 1 atom stereocenters. The lowest BCUT2D eigenvalue weighted by Crippen LogP contribution is -2.57. The standard InChI is InChI=1S/C27H36N4O4/c1-19(22-11-6-9-20-8-4-5-10-23(20)22)31-16-13-21(14-17-31)29-18-24(32)30-27(2,3)26(35)28-15-7-12-25(33)34/h4-12,19,21,29H,13-18H2,1-3H3,(H,28,35)(H,30,32)(H,33,34)/b12-7+. The summed E-state index contributed by atoms with van der Waals surface area (Å²) in [6, 6.07) is 15.5. The maximum absolute atomic E-state index is 12.5. The van der Waals surface area contributed by atoms with Crippen molar-refractivity contribution in [2.45, 2.75) is 51.2 Å². The van der Waals surface area contributed by atoms with Crippen LogP contribution >= 0.6 is 0 Å². The zero-order valence-electron chi connectivity index (χ0n) is 20.7. The Bertz CT molecular complexity index is 1070. The topological polar surface area (TPSA) is 111 Å². The van der Waals surface area contributed by atoms with Gasteiger partial charge in [-0.2, -0.15) is 0 Å². The Morgan fingerprint density at radius 2 is 1.80 bits per heavy atom. The number of nitrogens with one attached hydrogen (secondary N) is 3. The summed E-state index contributed by atoms with van der Waals surface area (Å²) in [6.45, 7) is 7.61. The fourth-order valence-corrected chi connectivity index (χ4v) is 4.52. The zero-order chi connectivity index (χ0) is 25.4. The second-order valence-corrected chi connectivity index (χ2v) is 9.56. The van der Waals surface area contributed by atoms with Crippen molar-refractivity contribution >= 4 is 28.6 Å². The van der Waals surface area contributed by atoms with E-state index < -0.39 is 11.5 Å². The Kier molecular flexibility index (Phi) is 9.01. The average Bonchev–Trinajstić information content (AvgIpc) is 2.84. The highest BCUT2D eigenvalue weighted by molar-refractivity contribution is 5.91. The molecule has 0 bridgehead atoms. The minimum absolute atomic E-state index is 0.0818. The summed E-state index contributed by atoms with van der Waals surface area (Å²) in [5.41, 5.74) is 0.237. The molecule has 0 spiro atoms. The molecule has 8 nitrogen and oxygen atoms in total. The van der Waals surface area contributed by atoms with Crippen molar-refractivity contribution in [1.82, 2.24) is 20.9 Å². The van der Waals surface area contributed by atoms with Gasteiger partial charge in [0.2, 0.25) is 11.8 Å². The molecule has 2 aromatic rings. The van der Waals surface area contributed by atoms with Gasteiger partial charge in [0.1, 0.15) is 5.54 Å². The molecule has 3 rings (SSSR count). The van der Waals surface area contributed by atoms with E-state index in [0.717, 1.165) is 32.0 Å². The Balaban J connectivity index is 1.43. The van der Waals surface area contributed by atoms with E-state index in [-0.39, 0.29) is 30.9 Å². The van der Waals surface area contributed by atoms with Gasteiger partial charge in [-0.25, -0.2) is 4.79 Å². The molecule has 188 valence electrons. The fourth-order valence-electron chi connectivity index (χ4n) is 4.52. The van der Waals surface area contributed by atoms with E-state index in [4.69, 9.17) is 5.11 Å². The van der Waals surface area contributed by atoms with E-state index in [1.807, 2.05) is 0 Å². The SMILES string of the molecule is CC(c1cccc2ccccc12)N1CCC(NCC(=O)NC(C)(C)C(=O)NC/C=C/C(=O)O)CC1. The van der Waals surface area contributed by atoms with Crippen molar-refractivity contribution < 1.29 is 19.5 Å². The molecule has 1 heterocycles. The van der Waals surface area contributed by atoms with E-state index in [1.165, 1.54) is 22.4 Å². The number of benzene rings is 2. The number of carbonyl (C=O) groups is 3. The van der Waals surface area contributed by atoms with Gasteiger partial charge in [-0.05, 0) is 49.9 Å². The van der Waals surface area contributed by atoms with Crippen LogP contribution in [0.15, 0.2) is 54.6 Å². The second-order valence-electron chi connectivity index (χ2n) is 9.56. The summed E-state index contributed by atoms with van der Waals surface area (Å²) in [7, 11) is 0. The number of hydrogen-bond acceptors (Lipinski definition) is 5. The molecule has 1 aliphatic heterocycles. The van der Waals surface area contributed by atoms with Crippen molar-refractivity contribution in [3.05, 3.63) is 60.2 Å². The summed E-state index contributed by atoms with van der Waals surface area (Å²) in [4.78, 5) is 37.7. The summed E-state index contributed by atoms with van der Waals surface area (Å²) >= 11 is 0. The lowest BCUT2D eigenvalue weighted by Gasteiger charge is -2.37. The summed E-state index contributed by atoms with van der Waals surface area (Å²) in [5, 5.41) is 19.8. The molecule has 1 saturated heterocycles. The highest BCUT2D eigenvalue weighted by atomic mass is 16.4. The van der Waals surface area contributed by atoms with Crippen LogP contribution in [0, 0.1) is 0 Å². The van der Waals surface area contributed by atoms with E-state index in [9.17, 15) is 14.4 Å². The first kappa shape index (κ1) is 26.4. The molecule has 35 heavy (non-hydrogen) atoms. The number of carboxylic acid groups (broad SMARTS) is 1. The van der Waals surface area contributed by atoms with Gasteiger partial charge in [-0.15, -0.1) is 0 Å². The molecule has 0 saturated carbocycles. The van der Waals surface area contributed by atoms with Gasteiger partial charge in [0.05, 0.1) is 6.54 Å². The number of hydrogen-bond donors (Lipinski definition) is 4. The number of piperidine rings is 1. The molecule has 8 heteroatoms. The summed E-state index contributed by atoms with van der Waals surface area (Å²) in [6.07, 6.45) is 4.20. The Morgan fingerprint density at radius 3 is 2.51 bits per heavy atom. The average molecular weight is 481 g/mol. The fraction of sp³-hybridized carbons (Fsp3) is 0.444. The number of fused-ring (bicyclic) bond motifs is 1. The molecule has 0 radical (unpaired) electrons. The number of carboxylic acids is 1. The molecule has 2 aromatic carbocycles. The van der Waals surface area contributed by atoms with Gasteiger partial charge in [0.15, 0.2) is 0 Å². The van der Waals surface area contributed by atoms with Crippen LogP contribution in [-0.4, -0.2) is 65.5 Å². The van der Waals surface area contributed by atoms with Crippen LogP contribution in [0.3, 0.4) is 0 Å². The normalized spacial score (nSPS) is 16.3. The number of carbonyl (C=O) groups excluding carboxylic acids is 2. The highest BCUT2D eigenvalue weighted by Crippen LogP contribution is 2.30. The summed E-state index contributed by atoms with van der Waals surface area (Å²) < 4.78 is 0. The van der Waals surface area contributed by atoms with E-state index in [1.54, 1.807) is 13.8 Å². The van der Waals surface area contributed by atoms with Crippen LogP contribution in [0.25, 0.3) is 10.8 Å². The van der Waals surface area contributed by atoms with Crippen molar-refractivity contribution in [1.29, 1.82) is 0 Å². The summed E-state index contributed by atoms with van der Waals surface area (Å²) in [5.74, 6) is -1.71. The third-order valence-corrected chi connectivity index (χ3v) is 6.56. The van der Waals surface area contributed by atoms with E-state index in [0.29, 0.717) is 6.04 Å². The third-order valence-electron chi connectivity index (χ3n) is 6.56. The molecular formula is C27H36N4O4. The number of amides is 2. The molecule has 4 N–H and O–H groups in total. The number of nitrogens with zero attached hydrogens (tertiary/aromatic N) is 1. The molecule has 1 fully saturated rings. The minimum Gasteiger partial charge on any atom is -0.478 e. The van der Waals surface area contributed by atoms with Crippen LogP contribution in [0.4, 0.5) is 0 Å². The first-order chi connectivity index (χ1) is 16.7. The van der Waals surface area contributed by atoms with Crippen molar-refractivity contribution in [3.63, 3.8) is 0 Å². The second kappa shape index (κ2) is 12.0. The third kappa shape index (κ3) is 7.37. The predicted octanol–water partition coefficient (Wildman–Crippen LogP) is 2.61. The zero-order valence-corrected chi connectivity index (χ0v) is 20.7. The maximum atomic E-state index is 12.5. The first-order valence-electron chi connectivity index (χ1n) is 12.1. The smallest absolute Gasteiger partial charge is 0.328 e. The van der Waals surface area contributed by atoms with Gasteiger partial charge in [0, 0.05) is 37.8 Å². The monoisotopic (exact) mass is 480 g/mol. The van der Waals surface area contributed by atoms with Crippen LogP contribution in [0.2, 0.25) is 0 Å². The lowest BCUT2D eigenvalue weighted by molar-refractivity contribution is -0.132. The van der Waals surface area contributed by atoms with Gasteiger partial charge >= 0.3 is 5.97 Å². The molecule has 0 aliphatic carbocycles. The Hall–Kier alpha value is -3.23. The number of likely N-dealkylation sites (tertiary alicyclic amines) is 1. The predicted molar refractivity (Wildman–Crippen MR) is 137 cm³/mol. The van der Waals surface area contributed by atoms with E-state index in [2.05, 4.69) is 70.2 Å². The van der Waals surface area contributed by atoms with E-state index >= 15 is 0 Å². The molecular weight excluding hydrogens is 444 g/mol. The van der Waals surface area contributed by atoms with Crippen LogP contribution < -0.4 is 16.0 Å². The van der Waals surface area contributed by atoms with Crippen molar-refractivity contribution in [3.8, 4) is 0 Å². The van der Waals surface area contributed by atoms with Gasteiger partial charge < -0.3 is 21.1 Å². The number of rotatable bonds is 10. The minimum atomic E-state index is -1.10. The van der Waals surface area contributed by atoms with Crippen LogP contribution in [0.1, 0.15) is 45.2 Å². The largest absolute Gasteiger partial charge is 0.478 e. The first-order valence-corrected chi connectivity index (χ1v) is 12.1. The van der Waals surface area contributed by atoms with Crippen molar-refractivity contribution in [2.24, 2.45) is 0 Å². The maximum Gasteiger partial charge on any atom is 0.328 e. The van der Waals surface area contributed by atoms with Crippen LogP contribution in [-0.2, 0) is 14.4 Å². The quantitative estimate of drug-likeness (QED) is 0.389. The Labute approximate surface area is 206 Å². The molecule has 1 aliphatic rings. The highest BCUT2D eigenvalue weighted by Gasteiger charge is 2.29. The van der Waals surface area contributed by atoms with Crippen molar-refractivity contribution in [2.75, 3.05) is 26.2 Å². The van der Waals surface area contributed by atoms with Gasteiger partial charge in [-0.1, -0.05) is 48.5 Å². The van der Waals surface area contributed by atoms with Gasteiger partial charge in [0.25, 0.3) is 0 Å². The van der Waals surface area contributed by atoms with Crippen LogP contribution in [0.5, 0.6) is 0 Å². The Morgan fingerprint density at radius 1 is 1.11 bits per heavy atom.